The van der Waals surface area contributed by atoms with E-state index in [1.807, 2.05) is 69.3 Å². The van der Waals surface area contributed by atoms with Crippen molar-refractivity contribution in [1.82, 2.24) is 15.5 Å². The standard InChI is InChI=1S/C24H27N3O4/c1-4-29-20-10-8-19(9-11-20)21-12-13-24(27-26-21)30-15-14-25-23(28)16-31-22-7-5-6-17(2)18(22)3/h5-13H,4,14-16H2,1-3H3,(H,25,28). The maximum atomic E-state index is 12.0. The van der Waals surface area contributed by atoms with Gasteiger partial charge in [-0.05, 0) is 68.3 Å². The summed E-state index contributed by atoms with van der Waals surface area (Å²) in [6.45, 7) is 7.14. The molecule has 1 aromatic heterocycles. The maximum Gasteiger partial charge on any atom is 0.258 e. The van der Waals surface area contributed by atoms with Crippen molar-refractivity contribution in [2.45, 2.75) is 20.8 Å². The summed E-state index contributed by atoms with van der Waals surface area (Å²) in [4.78, 5) is 12.0. The highest BCUT2D eigenvalue weighted by atomic mass is 16.5. The Labute approximate surface area is 182 Å². The van der Waals surface area contributed by atoms with Crippen LogP contribution in [0.3, 0.4) is 0 Å². The SMILES string of the molecule is CCOc1ccc(-c2ccc(OCCNC(=O)COc3cccc(C)c3C)nn2)cc1. The minimum absolute atomic E-state index is 0.0408. The Morgan fingerprint density at radius 3 is 2.45 bits per heavy atom. The zero-order valence-electron chi connectivity index (χ0n) is 18.1. The summed E-state index contributed by atoms with van der Waals surface area (Å²) in [5, 5.41) is 11.0. The van der Waals surface area contributed by atoms with Gasteiger partial charge in [-0.1, -0.05) is 12.1 Å². The molecule has 162 valence electrons. The zero-order chi connectivity index (χ0) is 22.1. The fourth-order valence-corrected chi connectivity index (χ4v) is 2.86. The third-order valence-corrected chi connectivity index (χ3v) is 4.69. The van der Waals surface area contributed by atoms with Gasteiger partial charge < -0.3 is 19.5 Å². The van der Waals surface area contributed by atoms with Crippen LogP contribution in [0.25, 0.3) is 11.3 Å². The average Bonchev–Trinajstić information content (AvgIpc) is 2.79. The van der Waals surface area contributed by atoms with E-state index >= 15 is 0 Å². The van der Waals surface area contributed by atoms with E-state index in [0.29, 0.717) is 24.8 Å². The van der Waals surface area contributed by atoms with Crippen molar-refractivity contribution in [2.24, 2.45) is 0 Å². The molecule has 1 amide bonds. The molecule has 31 heavy (non-hydrogen) atoms. The summed E-state index contributed by atoms with van der Waals surface area (Å²) in [6.07, 6.45) is 0. The first-order chi connectivity index (χ1) is 15.1. The van der Waals surface area contributed by atoms with Gasteiger partial charge in [0.25, 0.3) is 5.91 Å². The number of hydrogen-bond donors (Lipinski definition) is 1. The molecule has 0 unspecified atom stereocenters. The molecule has 0 aliphatic heterocycles. The van der Waals surface area contributed by atoms with Gasteiger partial charge in [-0.25, -0.2) is 0 Å². The molecule has 3 rings (SSSR count). The van der Waals surface area contributed by atoms with Crippen LogP contribution in [0.4, 0.5) is 0 Å². The lowest BCUT2D eigenvalue weighted by Crippen LogP contribution is -2.32. The number of amides is 1. The monoisotopic (exact) mass is 421 g/mol. The van der Waals surface area contributed by atoms with Crippen molar-refractivity contribution >= 4 is 5.91 Å². The molecule has 0 saturated heterocycles. The average molecular weight is 421 g/mol. The van der Waals surface area contributed by atoms with E-state index in [1.54, 1.807) is 6.07 Å². The number of nitrogens with zero attached hydrogens (tertiary/aromatic N) is 2. The summed E-state index contributed by atoms with van der Waals surface area (Å²) < 4.78 is 16.6. The smallest absolute Gasteiger partial charge is 0.258 e. The molecule has 0 saturated carbocycles. The zero-order valence-corrected chi connectivity index (χ0v) is 18.1. The van der Waals surface area contributed by atoms with Gasteiger partial charge in [0.05, 0.1) is 18.8 Å². The highest BCUT2D eigenvalue weighted by molar-refractivity contribution is 5.77. The van der Waals surface area contributed by atoms with Crippen LogP contribution in [0.15, 0.2) is 54.6 Å². The molecule has 3 aromatic rings. The van der Waals surface area contributed by atoms with Crippen molar-refractivity contribution in [3.05, 3.63) is 65.7 Å². The molecule has 7 nitrogen and oxygen atoms in total. The first-order valence-electron chi connectivity index (χ1n) is 10.2. The van der Waals surface area contributed by atoms with E-state index in [4.69, 9.17) is 14.2 Å². The maximum absolute atomic E-state index is 12.0. The van der Waals surface area contributed by atoms with Gasteiger partial charge >= 0.3 is 0 Å². The van der Waals surface area contributed by atoms with Crippen molar-refractivity contribution in [1.29, 1.82) is 0 Å². The third kappa shape index (κ3) is 6.44. The quantitative estimate of drug-likeness (QED) is 0.502. The number of carbonyl (C=O) groups is 1. The van der Waals surface area contributed by atoms with E-state index in [-0.39, 0.29) is 19.1 Å². The van der Waals surface area contributed by atoms with Crippen LogP contribution in [-0.2, 0) is 4.79 Å². The van der Waals surface area contributed by atoms with Gasteiger partial charge in [-0.15, -0.1) is 10.2 Å². The normalized spacial score (nSPS) is 10.4. The van der Waals surface area contributed by atoms with Crippen molar-refractivity contribution < 1.29 is 19.0 Å². The lowest BCUT2D eigenvalue weighted by Gasteiger charge is -2.11. The van der Waals surface area contributed by atoms with Crippen LogP contribution in [0.2, 0.25) is 0 Å². The van der Waals surface area contributed by atoms with Crippen LogP contribution in [0.1, 0.15) is 18.1 Å². The van der Waals surface area contributed by atoms with E-state index in [9.17, 15) is 4.79 Å². The fourth-order valence-electron chi connectivity index (χ4n) is 2.86. The fraction of sp³-hybridized carbons (Fsp3) is 0.292. The van der Waals surface area contributed by atoms with Crippen LogP contribution in [0.5, 0.6) is 17.4 Å². The minimum atomic E-state index is -0.207. The Hall–Kier alpha value is -3.61. The topological polar surface area (TPSA) is 82.6 Å². The predicted octanol–water partition coefficient (Wildman–Crippen LogP) is 3.73. The Morgan fingerprint density at radius 2 is 1.74 bits per heavy atom. The van der Waals surface area contributed by atoms with Crippen LogP contribution in [-0.4, -0.2) is 42.5 Å². The molecule has 1 N–H and O–H groups in total. The van der Waals surface area contributed by atoms with Gasteiger partial charge in [0.2, 0.25) is 5.88 Å². The Morgan fingerprint density at radius 1 is 0.935 bits per heavy atom. The summed E-state index contributed by atoms with van der Waals surface area (Å²) in [7, 11) is 0. The number of nitrogens with one attached hydrogen (secondary N) is 1. The molecule has 1 heterocycles. The Kier molecular flexibility index (Phi) is 7.81. The van der Waals surface area contributed by atoms with E-state index in [2.05, 4.69) is 15.5 Å². The van der Waals surface area contributed by atoms with Crippen molar-refractivity contribution in [2.75, 3.05) is 26.4 Å². The Balaban J connectivity index is 1.39. The summed E-state index contributed by atoms with van der Waals surface area (Å²) >= 11 is 0. The Bertz CT molecular complexity index is 989. The molecule has 2 aromatic carbocycles. The van der Waals surface area contributed by atoms with E-state index in [1.165, 1.54) is 0 Å². The van der Waals surface area contributed by atoms with E-state index < -0.39 is 0 Å². The lowest BCUT2D eigenvalue weighted by atomic mass is 10.1. The van der Waals surface area contributed by atoms with Crippen LogP contribution < -0.4 is 19.5 Å². The minimum Gasteiger partial charge on any atom is -0.494 e. The first-order valence-corrected chi connectivity index (χ1v) is 10.2. The van der Waals surface area contributed by atoms with Crippen molar-refractivity contribution in [3.8, 4) is 28.6 Å². The molecule has 0 spiro atoms. The molecule has 0 aliphatic carbocycles. The predicted molar refractivity (Wildman–Crippen MR) is 119 cm³/mol. The third-order valence-electron chi connectivity index (χ3n) is 4.69. The molecule has 0 bridgehead atoms. The highest BCUT2D eigenvalue weighted by Crippen LogP contribution is 2.21. The summed E-state index contributed by atoms with van der Waals surface area (Å²) in [6, 6.07) is 17.0. The van der Waals surface area contributed by atoms with E-state index in [0.717, 1.165) is 28.1 Å². The number of carbonyl (C=O) groups excluding carboxylic acids is 1. The van der Waals surface area contributed by atoms with Gasteiger partial charge in [-0.3, -0.25) is 4.79 Å². The van der Waals surface area contributed by atoms with Gasteiger partial charge in [-0.2, -0.15) is 0 Å². The second kappa shape index (κ2) is 11.0. The molecule has 0 radical (unpaired) electrons. The van der Waals surface area contributed by atoms with Crippen molar-refractivity contribution in [3.63, 3.8) is 0 Å². The summed E-state index contributed by atoms with van der Waals surface area (Å²) in [5.41, 5.74) is 3.85. The second-order valence-electron chi connectivity index (χ2n) is 6.90. The number of aromatic nitrogens is 2. The highest BCUT2D eigenvalue weighted by Gasteiger charge is 2.07. The number of ether oxygens (including phenoxy) is 3. The second-order valence-corrected chi connectivity index (χ2v) is 6.90. The van der Waals surface area contributed by atoms with Crippen LogP contribution >= 0.6 is 0 Å². The summed E-state index contributed by atoms with van der Waals surface area (Å²) in [5.74, 6) is 1.73. The van der Waals surface area contributed by atoms with Gasteiger partial charge in [0, 0.05) is 11.6 Å². The number of rotatable bonds is 10. The van der Waals surface area contributed by atoms with Gasteiger partial charge in [0.1, 0.15) is 18.1 Å². The van der Waals surface area contributed by atoms with Crippen LogP contribution in [0, 0.1) is 13.8 Å². The lowest BCUT2D eigenvalue weighted by molar-refractivity contribution is -0.123. The molecule has 0 aliphatic rings. The number of benzene rings is 2. The number of aryl methyl sites for hydroxylation is 1. The molecule has 7 heteroatoms. The largest absolute Gasteiger partial charge is 0.494 e. The molecule has 0 atom stereocenters. The first kappa shape index (κ1) is 22.1. The molecular weight excluding hydrogens is 394 g/mol. The molecular formula is C24H27N3O4. The van der Waals surface area contributed by atoms with Gasteiger partial charge in [0.15, 0.2) is 6.61 Å². The molecule has 0 fully saturated rings. The number of hydrogen-bond acceptors (Lipinski definition) is 6.